The van der Waals surface area contributed by atoms with Gasteiger partial charge in [0, 0.05) is 11.4 Å². The van der Waals surface area contributed by atoms with Gasteiger partial charge in [-0.05, 0) is 25.8 Å². The molecule has 0 spiro atoms. The van der Waals surface area contributed by atoms with E-state index in [2.05, 4.69) is 39.3 Å². The van der Waals surface area contributed by atoms with E-state index in [9.17, 15) is 0 Å². The first-order chi connectivity index (χ1) is 8.54. The lowest BCUT2D eigenvalue weighted by atomic mass is 10.1. The Labute approximate surface area is 106 Å². The molecule has 0 radical (unpaired) electrons. The summed E-state index contributed by atoms with van der Waals surface area (Å²) in [4.78, 5) is 12.9. The summed E-state index contributed by atoms with van der Waals surface area (Å²) in [6, 6.07) is 1.99. The summed E-state index contributed by atoms with van der Waals surface area (Å²) < 4.78 is 5.01. The van der Waals surface area contributed by atoms with E-state index in [1.165, 1.54) is 0 Å². The fourth-order valence-electron chi connectivity index (χ4n) is 1.53. The molecule has 2 heterocycles. The normalized spacial score (nSPS) is 10.9. The number of rotatable bonds is 4. The number of hydrogen-bond donors (Lipinski definition) is 1. The number of anilines is 1. The number of hydrogen-bond acceptors (Lipinski definition) is 6. The van der Waals surface area contributed by atoms with Crippen molar-refractivity contribution in [3.05, 3.63) is 29.2 Å². The highest BCUT2D eigenvalue weighted by Crippen LogP contribution is 2.14. The third-order valence-electron chi connectivity index (χ3n) is 2.43. The van der Waals surface area contributed by atoms with Crippen LogP contribution in [0.2, 0.25) is 0 Å². The van der Waals surface area contributed by atoms with Crippen LogP contribution in [0.1, 0.15) is 42.9 Å². The van der Waals surface area contributed by atoms with Gasteiger partial charge in [0.1, 0.15) is 0 Å². The van der Waals surface area contributed by atoms with Crippen molar-refractivity contribution in [3.63, 3.8) is 0 Å². The second-order valence-electron chi connectivity index (χ2n) is 4.50. The van der Waals surface area contributed by atoms with Crippen molar-refractivity contribution in [1.82, 2.24) is 20.1 Å². The van der Waals surface area contributed by atoms with Crippen molar-refractivity contribution < 1.29 is 4.52 Å². The third kappa shape index (κ3) is 3.03. The van der Waals surface area contributed by atoms with Gasteiger partial charge >= 0.3 is 0 Å². The highest BCUT2D eigenvalue weighted by Gasteiger charge is 2.07. The SMILES string of the molecule is Cc1cc(C(C)C)nc(NCc2nc(C)no2)n1. The molecule has 6 heteroatoms. The van der Waals surface area contributed by atoms with E-state index in [1.54, 1.807) is 6.92 Å². The Morgan fingerprint density at radius 3 is 2.61 bits per heavy atom. The molecule has 0 fully saturated rings. The molecule has 2 aromatic rings. The molecular weight excluding hydrogens is 230 g/mol. The molecule has 2 aromatic heterocycles. The van der Waals surface area contributed by atoms with Crippen LogP contribution in [0.5, 0.6) is 0 Å². The van der Waals surface area contributed by atoms with Crippen LogP contribution < -0.4 is 5.32 Å². The van der Waals surface area contributed by atoms with Crippen molar-refractivity contribution in [2.45, 2.75) is 40.2 Å². The van der Waals surface area contributed by atoms with Gasteiger partial charge in [0.05, 0.1) is 6.54 Å². The van der Waals surface area contributed by atoms with Crippen molar-refractivity contribution in [2.75, 3.05) is 5.32 Å². The maximum Gasteiger partial charge on any atom is 0.246 e. The first kappa shape index (κ1) is 12.5. The lowest BCUT2D eigenvalue weighted by Crippen LogP contribution is -2.07. The Morgan fingerprint density at radius 1 is 1.22 bits per heavy atom. The van der Waals surface area contributed by atoms with Gasteiger partial charge in [-0.2, -0.15) is 4.98 Å². The van der Waals surface area contributed by atoms with Gasteiger partial charge in [0.25, 0.3) is 0 Å². The van der Waals surface area contributed by atoms with E-state index in [1.807, 2.05) is 13.0 Å². The predicted molar refractivity (Wildman–Crippen MR) is 67.2 cm³/mol. The summed E-state index contributed by atoms with van der Waals surface area (Å²) in [7, 11) is 0. The van der Waals surface area contributed by atoms with Gasteiger partial charge in [-0.15, -0.1) is 0 Å². The Hall–Kier alpha value is -1.98. The number of nitrogens with one attached hydrogen (secondary N) is 1. The maximum atomic E-state index is 5.01. The van der Waals surface area contributed by atoms with Gasteiger partial charge in [-0.25, -0.2) is 9.97 Å². The van der Waals surface area contributed by atoms with Crippen molar-refractivity contribution in [1.29, 1.82) is 0 Å². The zero-order valence-electron chi connectivity index (χ0n) is 11.1. The molecule has 0 saturated heterocycles. The molecule has 6 nitrogen and oxygen atoms in total. The summed E-state index contributed by atoms with van der Waals surface area (Å²) in [5, 5.41) is 6.82. The van der Waals surface area contributed by atoms with E-state index in [0.29, 0.717) is 30.1 Å². The molecule has 0 amide bonds. The van der Waals surface area contributed by atoms with Gasteiger partial charge < -0.3 is 9.84 Å². The molecule has 0 saturated carbocycles. The second-order valence-corrected chi connectivity index (χ2v) is 4.50. The Bertz CT molecular complexity index is 535. The molecule has 0 aliphatic rings. The molecule has 0 aliphatic heterocycles. The molecule has 0 aliphatic carbocycles. The Balaban J connectivity index is 2.09. The lowest BCUT2D eigenvalue weighted by Gasteiger charge is -2.08. The van der Waals surface area contributed by atoms with Gasteiger partial charge in [-0.3, -0.25) is 0 Å². The Morgan fingerprint density at radius 2 is 2.00 bits per heavy atom. The first-order valence-electron chi connectivity index (χ1n) is 5.93. The Kier molecular flexibility index (Phi) is 3.55. The van der Waals surface area contributed by atoms with Crippen LogP contribution in [-0.4, -0.2) is 20.1 Å². The highest BCUT2D eigenvalue weighted by atomic mass is 16.5. The average molecular weight is 247 g/mol. The summed E-state index contributed by atoms with van der Waals surface area (Å²) in [6.07, 6.45) is 0. The molecule has 1 N–H and O–H groups in total. The van der Waals surface area contributed by atoms with Crippen LogP contribution in [-0.2, 0) is 6.54 Å². The lowest BCUT2D eigenvalue weighted by molar-refractivity contribution is 0.379. The zero-order valence-corrected chi connectivity index (χ0v) is 11.1. The summed E-state index contributed by atoms with van der Waals surface area (Å²) in [6.45, 7) is 8.38. The van der Waals surface area contributed by atoms with Crippen LogP contribution in [0.15, 0.2) is 10.6 Å². The van der Waals surface area contributed by atoms with Crippen molar-refractivity contribution >= 4 is 5.95 Å². The summed E-state index contributed by atoms with van der Waals surface area (Å²) in [5.74, 6) is 2.12. The average Bonchev–Trinajstić information content (AvgIpc) is 2.72. The molecule has 18 heavy (non-hydrogen) atoms. The molecule has 96 valence electrons. The minimum Gasteiger partial charge on any atom is -0.345 e. The van der Waals surface area contributed by atoms with Crippen molar-refractivity contribution in [2.24, 2.45) is 0 Å². The summed E-state index contributed by atoms with van der Waals surface area (Å²) >= 11 is 0. The number of aromatic nitrogens is 4. The zero-order chi connectivity index (χ0) is 13.1. The van der Waals surface area contributed by atoms with E-state index in [0.717, 1.165) is 11.4 Å². The van der Waals surface area contributed by atoms with Crippen LogP contribution >= 0.6 is 0 Å². The molecule has 0 bridgehead atoms. The third-order valence-corrected chi connectivity index (χ3v) is 2.43. The van der Waals surface area contributed by atoms with Crippen LogP contribution in [0.25, 0.3) is 0 Å². The minimum atomic E-state index is 0.373. The molecule has 2 rings (SSSR count). The van der Waals surface area contributed by atoms with Crippen LogP contribution in [0.3, 0.4) is 0 Å². The first-order valence-corrected chi connectivity index (χ1v) is 5.93. The fourth-order valence-corrected chi connectivity index (χ4v) is 1.53. The standard InChI is InChI=1S/C12H17N5O/c1-7(2)10-5-8(3)14-12(16-10)13-6-11-15-9(4)17-18-11/h5,7H,6H2,1-4H3,(H,13,14,16). The summed E-state index contributed by atoms with van der Waals surface area (Å²) in [5.41, 5.74) is 1.96. The molecular formula is C12H17N5O. The topological polar surface area (TPSA) is 76.7 Å². The van der Waals surface area contributed by atoms with E-state index in [4.69, 9.17) is 4.52 Å². The van der Waals surface area contributed by atoms with Crippen LogP contribution in [0, 0.1) is 13.8 Å². The van der Waals surface area contributed by atoms with E-state index >= 15 is 0 Å². The second kappa shape index (κ2) is 5.12. The fraction of sp³-hybridized carbons (Fsp3) is 0.500. The molecule has 0 atom stereocenters. The van der Waals surface area contributed by atoms with E-state index < -0.39 is 0 Å². The predicted octanol–water partition coefficient (Wildman–Crippen LogP) is 2.21. The maximum absolute atomic E-state index is 5.01. The van der Waals surface area contributed by atoms with Crippen molar-refractivity contribution in [3.8, 4) is 0 Å². The number of nitrogens with zero attached hydrogens (tertiary/aromatic N) is 4. The monoisotopic (exact) mass is 247 g/mol. The quantitative estimate of drug-likeness (QED) is 0.892. The largest absolute Gasteiger partial charge is 0.345 e. The minimum absolute atomic E-state index is 0.373. The van der Waals surface area contributed by atoms with Gasteiger partial charge in [0.2, 0.25) is 11.8 Å². The van der Waals surface area contributed by atoms with Crippen LogP contribution in [0.4, 0.5) is 5.95 Å². The molecule has 0 aromatic carbocycles. The number of aryl methyl sites for hydroxylation is 2. The van der Waals surface area contributed by atoms with E-state index in [-0.39, 0.29) is 0 Å². The van der Waals surface area contributed by atoms with Gasteiger partial charge in [0.15, 0.2) is 5.82 Å². The smallest absolute Gasteiger partial charge is 0.246 e. The van der Waals surface area contributed by atoms with Gasteiger partial charge in [-0.1, -0.05) is 19.0 Å². The molecule has 0 unspecified atom stereocenters. The highest BCUT2D eigenvalue weighted by molar-refractivity contribution is 5.29.